The molecule has 0 saturated carbocycles. The molecule has 5 nitrogen and oxygen atoms in total. The summed E-state index contributed by atoms with van der Waals surface area (Å²) in [5, 5.41) is 4.08. The van der Waals surface area contributed by atoms with Crippen molar-refractivity contribution >= 4 is 5.65 Å². The molecule has 102 valence electrons. The molecular weight excluding hydrogens is 252 g/mol. The second-order valence-corrected chi connectivity index (χ2v) is 5.83. The van der Waals surface area contributed by atoms with E-state index in [1.165, 1.54) is 16.4 Å². The Hall–Kier alpha value is -2.43. The fraction of sp³-hybridized carbons (Fsp3) is 0.267. The third-order valence-electron chi connectivity index (χ3n) is 3.37. The van der Waals surface area contributed by atoms with Crippen molar-refractivity contribution in [2.24, 2.45) is 0 Å². The van der Waals surface area contributed by atoms with Gasteiger partial charge in [0.25, 0.3) is 0 Å². The minimum Gasteiger partial charge on any atom is -0.296 e. The molecule has 0 fully saturated rings. The van der Waals surface area contributed by atoms with E-state index in [1.807, 2.05) is 12.1 Å². The lowest BCUT2D eigenvalue weighted by Crippen LogP contribution is -2.17. The van der Waals surface area contributed by atoms with E-state index in [0.717, 1.165) is 11.1 Å². The maximum Gasteiger partial charge on any atom is 0.349 e. The zero-order valence-electron chi connectivity index (χ0n) is 11.7. The van der Waals surface area contributed by atoms with Gasteiger partial charge in [-0.2, -0.15) is 9.61 Å². The Balaban J connectivity index is 2.12. The molecule has 0 amide bonds. The van der Waals surface area contributed by atoms with Crippen LogP contribution in [0, 0.1) is 0 Å². The highest BCUT2D eigenvalue weighted by molar-refractivity contribution is 5.76. The maximum atomic E-state index is 11.6. The summed E-state index contributed by atoms with van der Waals surface area (Å²) in [7, 11) is 0. The highest BCUT2D eigenvalue weighted by atomic mass is 16.1. The number of aromatic amines is 1. The molecule has 0 aliphatic rings. The number of nitrogens with zero attached hydrogens (tertiary/aromatic N) is 3. The first-order valence-corrected chi connectivity index (χ1v) is 6.49. The first kappa shape index (κ1) is 12.6. The Morgan fingerprint density at radius 1 is 1.15 bits per heavy atom. The van der Waals surface area contributed by atoms with Crippen molar-refractivity contribution in [1.82, 2.24) is 19.6 Å². The number of nitrogens with one attached hydrogen (secondary N) is 1. The van der Waals surface area contributed by atoms with Crippen molar-refractivity contribution in [2.45, 2.75) is 26.2 Å². The Bertz CT molecular complexity index is 806. The van der Waals surface area contributed by atoms with Crippen molar-refractivity contribution in [3.8, 4) is 11.1 Å². The summed E-state index contributed by atoms with van der Waals surface area (Å²) in [6, 6.07) is 8.29. The van der Waals surface area contributed by atoms with Gasteiger partial charge in [-0.15, -0.1) is 0 Å². The fourth-order valence-corrected chi connectivity index (χ4v) is 2.18. The van der Waals surface area contributed by atoms with Gasteiger partial charge in [0, 0.05) is 5.56 Å². The normalized spacial score (nSPS) is 11.9. The van der Waals surface area contributed by atoms with Gasteiger partial charge in [-0.1, -0.05) is 45.0 Å². The van der Waals surface area contributed by atoms with E-state index in [1.54, 1.807) is 6.20 Å². The second-order valence-electron chi connectivity index (χ2n) is 5.83. The largest absolute Gasteiger partial charge is 0.349 e. The van der Waals surface area contributed by atoms with E-state index < -0.39 is 0 Å². The Morgan fingerprint density at radius 2 is 1.85 bits per heavy atom. The maximum absolute atomic E-state index is 11.6. The van der Waals surface area contributed by atoms with Crippen LogP contribution in [0.4, 0.5) is 0 Å². The lowest BCUT2D eigenvalue weighted by atomic mass is 9.86. The molecule has 0 atom stereocenters. The van der Waals surface area contributed by atoms with Crippen molar-refractivity contribution in [2.75, 3.05) is 0 Å². The molecule has 20 heavy (non-hydrogen) atoms. The molecule has 5 heteroatoms. The van der Waals surface area contributed by atoms with E-state index in [0.29, 0.717) is 5.65 Å². The highest BCUT2D eigenvalue weighted by Gasteiger charge is 2.14. The molecule has 0 bridgehead atoms. The van der Waals surface area contributed by atoms with Gasteiger partial charge in [-0.25, -0.2) is 9.78 Å². The lowest BCUT2D eigenvalue weighted by molar-refractivity contribution is 0.590. The van der Waals surface area contributed by atoms with Crippen LogP contribution in [0.5, 0.6) is 0 Å². The number of H-pyrrole nitrogens is 1. The number of hydrogen-bond donors (Lipinski definition) is 1. The van der Waals surface area contributed by atoms with Crippen LogP contribution in [0.25, 0.3) is 16.8 Å². The summed E-state index contributed by atoms with van der Waals surface area (Å²) in [5.41, 5.74) is 3.53. The number of benzene rings is 1. The third-order valence-corrected chi connectivity index (χ3v) is 3.37. The van der Waals surface area contributed by atoms with Crippen LogP contribution in [0.1, 0.15) is 26.3 Å². The van der Waals surface area contributed by atoms with Crippen LogP contribution < -0.4 is 5.69 Å². The average Bonchev–Trinajstić information content (AvgIpc) is 2.83. The Kier molecular flexibility index (Phi) is 2.71. The van der Waals surface area contributed by atoms with Gasteiger partial charge in [0.15, 0.2) is 5.65 Å². The van der Waals surface area contributed by atoms with E-state index in [2.05, 4.69) is 48.0 Å². The molecule has 2 heterocycles. The van der Waals surface area contributed by atoms with Crippen molar-refractivity contribution < 1.29 is 0 Å². The topological polar surface area (TPSA) is 63.1 Å². The van der Waals surface area contributed by atoms with Crippen molar-refractivity contribution in [3.05, 3.63) is 52.8 Å². The highest BCUT2D eigenvalue weighted by Crippen LogP contribution is 2.27. The average molecular weight is 268 g/mol. The van der Waals surface area contributed by atoms with Gasteiger partial charge < -0.3 is 0 Å². The lowest BCUT2D eigenvalue weighted by Gasteiger charge is -2.19. The molecule has 0 aliphatic carbocycles. The van der Waals surface area contributed by atoms with Gasteiger partial charge in [0.05, 0.1) is 12.5 Å². The van der Waals surface area contributed by atoms with E-state index in [4.69, 9.17) is 0 Å². The summed E-state index contributed by atoms with van der Waals surface area (Å²) in [5.74, 6) is 0. The van der Waals surface area contributed by atoms with E-state index in [-0.39, 0.29) is 11.1 Å². The van der Waals surface area contributed by atoms with Gasteiger partial charge >= 0.3 is 5.69 Å². The van der Waals surface area contributed by atoms with Crippen LogP contribution in [0.3, 0.4) is 0 Å². The van der Waals surface area contributed by atoms with Crippen LogP contribution in [-0.4, -0.2) is 19.6 Å². The molecule has 3 rings (SSSR count). The molecule has 0 unspecified atom stereocenters. The Morgan fingerprint density at radius 3 is 2.50 bits per heavy atom. The SMILES string of the molecule is CC(C)(C)c1ccc(-c2cnn3c(=O)[nH]cnc23)cc1. The number of aromatic nitrogens is 4. The monoisotopic (exact) mass is 268 g/mol. The van der Waals surface area contributed by atoms with Crippen LogP contribution in [0.2, 0.25) is 0 Å². The second kappa shape index (κ2) is 4.30. The predicted octanol–water partition coefficient (Wildman–Crippen LogP) is 2.38. The zero-order chi connectivity index (χ0) is 14.3. The number of hydrogen-bond acceptors (Lipinski definition) is 3. The Labute approximate surface area is 116 Å². The van der Waals surface area contributed by atoms with Crippen LogP contribution in [0.15, 0.2) is 41.6 Å². The third kappa shape index (κ3) is 2.01. The smallest absolute Gasteiger partial charge is 0.296 e. The van der Waals surface area contributed by atoms with Gasteiger partial charge in [0.2, 0.25) is 0 Å². The first-order chi connectivity index (χ1) is 9.47. The standard InChI is InChI=1S/C15H16N4O/c1-15(2,3)11-6-4-10(5-7-11)12-8-18-19-13(12)16-9-17-14(19)20/h4-9H,1-3H3,(H,16,17,20). The molecule has 1 N–H and O–H groups in total. The van der Waals surface area contributed by atoms with E-state index >= 15 is 0 Å². The molecule has 0 radical (unpaired) electrons. The number of fused-ring (bicyclic) bond motifs is 1. The summed E-state index contributed by atoms with van der Waals surface area (Å²) in [4.78, 5) is 18.3. The molecule has 0 spiro atoms. The minimum atomic E-state index is -0.285. The molecule has 0 aliphatic heterocycles. The van der Waals surface area contributed by atoms with Crippen LogP contribution in [-0.2, 0) is 5.41 Å². The summed E-state index contributed by atoms with van der Waals surface area (Å²) in [6.45, 7) is 6.54. The first-order valence-electron chi connectivity index (χ1n) is 6.49. The molecular formula is C15H16N4O. The summed E-state index contributed by atoms with van der Waals surface area (Å²) >= 11 is 0. The van der Waals surface area contributed by atoms with Crippen molar-refractivity contribution in [3.63, 3.8) is 0 Å². The van der Waals surface area contributed by atoms with Gasteiger partial charge in [0.1, 0.15) is 0 Å². The number of rotatable bonds is 1. The van der Waals surface area contributed by atoms with Crippen LogP contribution >= 0.6 is 0 Å². The van der Waals surface area contributed by atoms with Crippen molar-refractivity contribution in [1.29, 1.82) is 0 Å². The zero-order valence-corrected chi connectivity index (χ0v) is 11.7. The molecule has 0 saturated heterocycles. The van der Waals surface area contributed by atoms with Gasteiger partial charge in [-0.05, 0) is 16.5 Å². The minimum absolute atomic E-state index is 0.120. The summed E-state index contributed by atoms with van der Waals surface area (Å²) < 4.78 is 1.27. The summed E-state index contributed by atoms with van der Waals surface area (Å²) in [6.07, 6.45) is 3.07. The molecule has 2 aromatic heterocycles. The predicted molar refractivity (Wildman–Crippen MR) is 77.7 cm³/mol. The fourth-order valence-electron chi connectivity index (χ4n) is 2.18. The van der Waals surface area contributed by atoms with Gasteiger partial charge in [-0.3, -0.25) is 4.98 Å². The van der Waals surface area contributed by atoms with E-state index in [9.17, 15) is 4.79 Å². The molecule has 3 aromatic rings. The molecule has 1 aromatic carbocycles. The quantitative estimate of drug-likeness (QED) is 0.737.